The number of rotatable bonds is 0. The van der Waals surface area contributed by atoms with Crippen LogP contribution in [-0.2, 0) is 9.59 Å². The van der Waals surface area contributed by atoms with Gasteiger partial charge < -0.3 is 0 Å². The molecule has 0 aromatic carbocycles. The van der Waals surface area contributed by atoms with E-state index in [-0.39, 0.29) is 5.78 Å². The van der Waals surface area contributed by atoms with E-state index in [0.29, 0.717) is 6.42 Å². The number of carbonyl (C=O) groups is 2. The Labute approximate surface area is 52.8 Å². The zero-order valence-electron chi connectivity index (χ0n) is 4.96. The smallest absolute Gasteiger partial charge is 0.289 e. The first-order valence-corrected chi connectivity index (χ1v) is 2.90. The molecule has 0 spiro atoms. The van der Waals surface area contributed by atoms with Crippen molar-refractivity contribution < 1.29 is 9.59 Å². The van der Waals surface area contributed by atoms with Gasteiger partial charge >= 0.3 is 5.91 Å². The lowest BCUT2D eigenvalue weighted by Crippen LogP contribution is -2.07. The predicted octanol–water partition coefficient (Wildman–Crippen LogP) is 0.337. The lowest BCUT2D eigenvalue weighted by molar-refractivity contribution is -0.135. The zero-order valence-corrected chi connectivity index (χ0v) is 4.96. The molecule has 1 heterocycles. The van der Waals surface area contributed by atoms with Crippen LogP contribution in [0.5, 0.6) is 0 Å². The van der Waals surface area contributed by atoms with Crippen molar-refractivity contribution in [3.8, 4) is 0 Å². The second-order valence-electron chi connectivity index (χ2n) is 1.93. The van der Waals surface area contributed by atoms with Gasteiger partial charge in [0.05, 0.1) is 0 Å². The van der Waals surface area contributed by atoms with Crippen LogP contribution in [0, 0.1) is 0 Å². The molecule has 3 nitrogen and oxygen atoms in total. The molecule has 48 valence electrons. The van der Waals surface area contributed by atoms with E-state index in [1.165, 1.54) is 6.21 Å². The van der Waals surface area contributed by atoms with E-state index in [1.54, 1.807) is 0 Å². The Hall–Kier alpha value is -0.990. The van der Waals surface area contributed by atoms with Crippen LogP contribution in [0.4, 0.5) is 0 Å². The molecule has 1 rings (SSSR count). The lowest BCUT2D eigenvalue weighted by Gasteiger charge is -1.85. The van der Waals surface area contributed by atoms with Gasteiger partial charge in [0.15, 0.2) is 0 Å². The maximum atomic E-state index is 10.6. The van der Waals surface area contributed by atoms with Gasteiger partial charge in [-0.1, -0.05) is 0 Å². The molecular formula is C6H7NO2. The average molecular weight is 125 g/mol. The molecule has 9 heavy (non-hydrogen) atoms. The Morgan fingerprint density at radius 2 is 2.22 bits per heavy atom. The zero-order chi connectivity index (χ0) is 6.69. The molecule has 0 radical (unpaired) electrons. The van der Waals surface area contributed by atoms with E-state index in [9.17, 15) is 9.59 Å². The third kappa shape index (κ3) is 1.45. The van der Waals surface area contributed by atoms with E-state index < -0.39 is 5.91 Å². The van der Waals surface area contributed by atoms with Crippen LogP contribution in [0.3, 0.4) is 0 Å². The summed E-state index contributed by atoms with van der Waals surface area (Å²) in [6.45, 7) is 0. The fraction of sp³-hybridized carbons (Fsp3) is 0.500. The third-order valence-corrected chi connectivity index (χ3v) is 1.18. The fourth-order valence-electron chi connectivity index (χ4n) is 0.680. The van der Waals surface area contributed by atoms with Crippen LogP contribution < -0.4 is 0 Å². The lowest BCUT2D eigenvalue weighted by atomic mass is 10.2. The van der Waals surface area contributed by atoms with Gasteiger partial charge in [0, 0.05) is 12.6 Å². The van der Waals surface area contributed by atoms with Crippen LogP contribution in [0.15, 0.2) is 4.99 Å². The van der Waals surface area contributed by atoms with Crippen molar-refractivity contribution in [2.24, 2.45) is 4.99 Å². The maximum absolute atomic E-state index is 10.6. The molecule has 1 amide bonds. The summed E-state index contributed by atoms with van der Waals surface area (Å²) < 4.78 is 0. The number of aliphatic imine (C=N–C) groups is 1. The highest BCUT2D eigenvalue weighted by Crippen LogP contribution is 2.00. The summed E-state index contributed by atoms with van der Waals surface area (Å²) in [5.41, 5.74) is 0. The quantitative estimate of drug-likeness (QED) is 0.438. The van der Waals surface area contributed by atoms with Crippen molar-refractivity contribution in [1.29, 1.82) is 0 Å². The highest BCUT2D eigenvalue weighted by molar-refractivity contribution is 6.37. The van der Waals surface area contributed by atoms with Crippen molar-refractivity contribution in [3.05, 3.63) is 0 Å². The minimum atomic E-state index is -0.590. The van der Waals surface area contributed by atoms with Gasteiger partial charge in [-0.15, -0.1) is 0 Å². The van der Waals surface area contributed by atoms with Crippen molar-refractivity contribution in [1.82, 2.24) is 0 Å². The molecule has 0 atom stereocenters. The minimum Gasteiger partial charge on any atom is -0.289 e. The number of hydrogen-bond donors (Lipinski definition) is 0. The summed E-state index contributed by atoms with van der Waals surface area (Å²) in [6.07, 6.45) is 3.37. The van der Waals surface area contributed by atoms with Crippen LogP contribution in [0.1, 0.15) is 19.3 Å². The van der Waals surface area contributed by atoms with Gasteiger partial charge in [0.1, 0.15) is 0 Å². The Bertz CT molecular complexity index is 172. The van der Waals surface area contributed by atoms with Crippen LogP contribution in [0.2, 0.25) is 0 Å². The summed E-state index contributed by atoms with van der Waals surface area (Å²) in [7, 11) is 0. The van der Waals surface area contributed by atoms with Crippen molar-refractivity contribution in [2.75, 3.05) is 0 Å². The highest BCUT2D eigenvalue weighted by Gasteiger charge is 2.12. The topological polar surface area (TPSA) is 46.5 Å². The first kappa shape index (κ1) is 6.13. The van der Waals surface area contributed by atoms with Gasteiger partial charge in [0.2, 0.25) is 5.78 Å². The molecule has 0 aliphatic carbocycles. The number of Topliss-reactive ketones (excluding diaryl/α,β-unsaturated/α-hetero) is 1. The number of nitrogens with zero attached hydrogens (tertiary/aromatic N) is 1. The minimum absolute atomic E-state index is 0.358. The molecule has 3 heteroatoms. The summed E-state index contributed by atoms with van der Waals surface area (Å²) >= 11 is 0. The number of amides is 1. The molecule has 0 unspecified atom stereocenters. The molecule has 1 aliphatic heterocycles. The molecule has 0 saturated carbocycles. The fourth-order valence-corrected chi connectivity index (χ4v) is 0.680. The second-order valence-corrected chi connectivity index (χ2v) is 1.93. The van der Waals surface area contributed by atoms with Gasteiger partial charge in [-0.3, -0.25) is 9.59 Å². The van der Waals surface area contributed by atoms with Crippen molar-refractivity contribution in [2.45, 2.75) is 19.3 Å². The predicted molar refractivity (Wildman–Crippen MR) is 32.4 cm³/mol. The van der Waals surface area contributed by atoms with E-state index in [1.807, 2.05) is 0 Å². The van der Waals surface area contributed by atoms with Gasteiger partial charge in [-0.25, -0.2) is 4.99 Å². The summed E-state index contributed by atoms with van der Waals surface area (Å²) in [5.74, 6) is -0.948. The maximum Gasteiger partial charge on any atom is 0.312 e. The van der Waals surface area contributed by atoms with E-state index >= 15 is 0 Å². The van der Waals surface area contributed by atoms with Crippen LogP contribution in [-0.4, -0.2) is 17.9 Å². The summed E-state index contributed by atoms with van der Waals surface area (Å²) in [5, 5.41) is 0. The Morgan fingerprint density at radius 1 is 1.44 bits per heavy atom. The van der Waals surface area contributed by atoms with Crippen LogP contribution >= 0.6 is 0 Å². The van der Waals surface area contributed by atoms with Gasteiger partial charge in [0.25, 0.3) is 0 Å². The number of hydrogen-bond acceptors (Lipinski definition) is 2. The number of ketones is 1. The first-order chi connectivity index (χ1) is 4.30. The Balaban J connectivity index is 2.68. The van der Waals surface area contributed by atoms with Gasteiger partial charge in [-0.2, -0.15) is 0 Å². The average Bonchev–Trinajstić information content (AvgIpc) is 1.99. The van der Waals surface area contributed by atoms with E-state index in [2.05, 4.69) is 4.99 Å². The van der Waals surface area contributed by atoms with Crippen molar-refractivity contribution in [3.63, 3.8) is 0 Å². The highest BCUT2D eigenvalue weighted by atomic mass is 16.2. The van der Waals surface area contributed by atoms with E-state index in [0.717, 1.165) is 12.8 Å². The molecule has 0 aromatic rings. The standard InChI is InChI=1S/C6H7NO2/c8-5-3-1-2-4-7-6(5)9/h4H,1-3H2. The molecule has 0 bridgehead atoms. The summed E-state index contributed by atoms with van der Waals surface area (Å²) in [6, 6.07) is 0. The molecule has 1 aliphatic rings. The first-order valence-electron chi connectivity index (χ1n) is 2.90. The Kier molecular flexibility index (Phi) is 1.72. The van der Waals surface area contributed by atoms with E-state index in [4.69, 9.17) is 0 Å². The molecule has 0 saturated heterocycles. The van der Waals surface area contributed by atoms with Crippen molar-refractivity contribution >= 4 is 17.9 Å². The normalized spacial score (nSPS) is 20.0. The summed E-state index contributed by atoms with van der Waals surface area (Å²) in [4.78, 5) is 24.4. The largest absolute Gasteiger partial charge is 0.312 e. The number of carbonyl (C=O) groups excluding carboxylic acids is 2. The second kappa shape index (κ2) is 2.53. The third-order valence-electron chi connectivity index (χ3n) is 1.18. The molecule has 0 N–H and O–H groups in total. The monoisotopic (exact) mass is 125 g/mol. The SMILES string of the molecule is O=C1CCCC=NC1=O. The molecule has 0 aromatic heterocycles. The van der Waals surface area contributed by atoms with Crippen LogP contribution in [0.25, 0.3) is 0 Å². The molecular weight excluding hydrogens is 118 g/mol. The Morgan fingerprint density at radius 3 is 3.00 bits per heavy atom. The molecule has 0 fully saturated rings. The van der Waals surface area contributed by atoms with Gasteiger partial charge in [-0.05, 0) is 12.8 Å².